The maximum Gasteiger partial charge on any atom is 0.00973 e. The minimum absolute atomic E-state index is 0.419. The van der Waals surface area contributed by atoms with E-state index in [9.17, 15) is 0 Å². The fourth-order valence-corrected chi connectivity index (χ4v) is 1.84. The van der Waals surface area contributed by atoms with E-state index in [1.165, 1.54) is 0 Å². The van der Waals surface area contributed by atoms with Crippen molar-refractivity contribution in [3.63, 3.8) is 0 Å². The molecule has 1 nitrogen and oxygen atoms in total. The van der Waals surface area contributed by atoms with E-state index < -0.39 is 0 Å². The van der Waals surface area contributed by atoms with Crippen LogP contribution in [-0.4, -0.2) is 24.0 Å². The maximum atomic E-state index is 2.54. The Morgan fingerprint density at radius 3 is 1.62 bits per heavy atom. The van der Waals surface area contributed by atoms with Gasteiger partial charge in [-0.3, -0.25) is 0 Å². The van der Waals surface area contributed by atoms with E-state index >= 15 is 0 Å². The van der Waals surface area contributed by atoms with Gasteiger partial charge in [-0.25, -0.2) is 0 Å². The van der Waals surface area contributed by atoms with Crippen molar-refractivity contribution in [2.75, 3.05) is 13.1 Å². The summed E-state index contributed by atoms with van der Waals surface area (Å²) in [7, 11) is 0. The molecular weight excluding hydrogens is 158 g/mol. The van der Waals surface area contributed by atoms with Gasteiger partial charge in [0, 0.05) is 6.04 Å². The first-order valence-electron chi connectivity index (χ1n) is 5.58. The molecule has 0 saturated carbocycles. The first-order valence-corrected chi connectivity index (χ1v) is 5.58. The zero-order chi connectivity index (χ0) is 10.6. The van der Waals surface area contributed by atoms with Gasteiger partial charge in [-0.15, -0.1) is 0 Å². The molecule has 2 atom stereocenters. The Kier molecular flexibility index (Phi) is 4.98. The van der Waals surface area contributed by atoms with Gasteiger partial charge < -0.3 is 4.90 Å². The number of nitrogens with zero attached hydrogens (tertiary/aromatic N) is 1. The SMILES string of the molecule is CCN(CC)C(C)C(C)C(C)(C)C. The molecule has 0 aliphatic heterocycles. The van der Waals surface area contributed by atoms with Crippen molar-refractivity contribution in [2.24, 2.45) is 11.3 Å². The summed E-state index contributed by atoms with van der Waals surface area (Å²) >= 11 is 0. The van der Waals surface area contributed by atoms with Gasteiger partial charge in [0.15, 0.2) is 0 Å². The number of rotatable bonds is 4. The van der Waals surface area contributed by atoms with Crippen molar-refractivity contribution in [1.82, 2.24) is 4.90 Å². The van der Waals surface area contributed by atoms with Crippen molar-refractivity contribution in [3.05, 3.63) is 0 Å². The van der Waals surface area contributed by atoms with Gasteiger partial charge in [-0.2, -0.15) is 0 Å². The molecular formula is C12H27N. The van der Waals surface area contributed by atoms with Crippen LogP contribution < -0.4 is 0 Å². The molecule has 0 heterocycles. The summed E-state index contributed by atoms with van der Waals surface area (Å²) in [6, 6.07) is 0.690. The average molecular weight is 185 g/mol. The Balaban J connectivity index is 4.31. The van der Waals surface area contributed by atoms with Gasteiger partial charge in [0.2, 0.25) is 0 Å². The third-order valence-electron chi connectivity index (χ3n) is 3.48. The predicted molar refractivity (Wildman–Crippen MR) is 61.0 cm³/mol. The normalized spacial score (nSPS) is 17.5. The summed E-state index contributed by atoms with van der Waals surface area (Å²) in [5.74, 6) is 0.743. The summed E-state index contributed by atoms with van der Waals surface area (Å²) in [6.07, 6.45) is 0. The zero-order valence-electron chi connectivity index (χ0n) is 10.5. The van der Waals surface area contributed by atoms with Crippen LogP contribution in [0.3, 0.4) is 0 Å². The van der Waals surface area contributed by atoms with E-state index in [0.717, 1.165) is 19.0 Å². The Labute approximate surface area is 84.5 Å². The fourth-order valence-electron chi connectivity index (χ4n) is 1.84. The van der Waals surface area contributed by atoms with E-state index in [0.29, 0.717) is 11.5 Å². The lowest BCUT2D eigenvalue weighted by atomic mass is 9.77. The molecule has 0 aliphatic rings. The standard InChI is InChI=1S/C12H27N/c1-8-13(9-2)11(4)10(3)12(5,6)7/h10-11H,8-9H2,1-7H3. The van der Waals surface area contributed by atoms with Crippen LogP contribution in [-0.2, 0) is 0 Å². The summed E-state index contributed by atoms with van der Waals surface area (Å²) in [5, 5.41) is 0. The van der Waals surface area contributed by atoms with Gasteiger partial charge in [-0.05, 0) is 31.3 Å². The molecule has 13 heavy (non-hydrogen) atoms. The molecule has 0 bridgehead atoms. The van der Waals surface area contributed by atoms with Gasteiger partial charge in [0.05, 0.1) is 0 Å². The van der Waals surface area contributed by atoms with Crippen LogP contribution in [0.5, 0.6) is 0 Å². The average Bonchev–Trinajstić information content (AvgIpc) is 2.03. The second-order valence-corrected chi connectivity index (χ2v) is 5.12. The molecule has 0 rings (SSSR count). The van der Waals surface area contributed by atoms with E-state index in [1.54, 1.807) is 0 Å². The van der Waals surface area contributed by atoms with E-state index in [2.05, 4.69) is 53.4 Å². The van der Waals surface area contributed by atoms with E-state index in [4.69, 9.17) is 0 Å². The second-order valence-electron chi connectivity index (χ2n) is 5.12. The lowest BCUT2D eigenvalue weighted by molar-refractivity contribution is 0.106. The molecule has 80 valence electrons. The van der Waals surface area contributed by atoms with Crippen LogP contribution in [0.25, 0.3) is 0 Å². The minimum Gasteiger partial charge on any atom is -0.301 e. The highest BCUT2D eigenvalue weighted by atomic mass is 15.1. The van der Waals surface area contributed by atoms with Crippen molar-refractivity contribution in [2.45, 2.75) is 54.5 Å². The lowest BCUT2D eigenvalue weighted by Gasteiger charge is -2.38. The molecule has 0 amide bonds. The van der Waals surface area contributed by atoms with Crippen LogP contribution in [0.1, 0.15) is 48.5 Å². The largest absolute Gasteiger partial charge is 0.301 e. The van der Waals surface area contributed by atoms with Crippen molar-refractivity contribution in [1.29, 1.82) is 0 Å². The maximum absolute atomic E-state index is 2.54. The Hall–Kier alpha value is -0.0400. The van der Waals surface area contributed by atoms with Crippen LogP contribution >= 0.6 is 0 Å². The molecule has 0 spiro atoms. The Morgan fingerprint density at radius 1 is 1.00 bits per heavy atom. The van der Waals surface area contributed by atoms with Crippen LogP contribution in [0.15, 0.2) is 0 Å². The highest BCUT2D eigenvalue weighted by molar-refractivity contribution is 4.80. The molecule has 0 aliphatic carbocycles. The lowest BCUT2D eigenvalue weighted by Crippen LogP contribution is -2.41. The quantitative estimate of drug-likeness (QED) is 0.649. The molecule has 0 aromatic heterocycles. The van der Waals surface area contributed by atoms with Crippen LogP contribution in [0.2, 0.25) is 0 Å². The first-order chi connectivity index (χ1) is 5.84. The van der Waals surface area contributed by atoms with E-state index in [1.807, 2.05) is 0 Å². The third-order valence-corrected chi connectivity index (χ3v) is 3.48. The minimum atomic E-state index is 0.419. The first kappa shape index (κ1) is 13.0. The third kappa shape index (κ3) is 3.68. The highest BCUT2D eigenvalue weighted by Gasteiger charge is 2.27. The van der Waals surface area contributed by atoms with E-state index in [-0.39, 0.29) is 0 Å². The van der Waals surface area contributed by atoms with Gasteiger partial charge >= 0.3 is 0 Å². The molecule has 2 unspecified atom stereocenters. The molecule has 0 N–H and O–H groups in total. The fraction of sp³-hybridized carbons (Fsp3) is 1.00. The molecule has 0 radical (unpaired) electrons. The Morgan fingerprint density at radius 2 is 1.38 bits per heavy atom. The summed E-state index contributed by atoms with van der Waals surface area (Å²) in [6.45, 7) is 18.5. The number of hydrogen-bond acceptors (Lipinski definition) is 1. The topological polar surface area (TPSA) is 3.24 Å². The summed E-state index contributed by atoms with van der Waals surface area (Å²) in [4.78, 5) is 2.54. The second kappa shape index (κ2) is 4.99. The number of hydrogen-bond donors (Lipinski definition) is 0. The highest BCUT2D eigenvalue weighted by Crippen LogP contribution is 2.30. The van der Waals surface area contributed by atoms with Crippen molar-refractivity contribution >= 4 is 0 Å². The predicted octanol–water partition coefficient (Wildman–Crippen LogP) is 3.40. The van der Waals surface area contributed by atoms with Gasteiger partial charge in [-0.1, -0.05) is 41.5 Å². The summed E-state index contributed by atoms with van der Waals surface area (Å²) < 4.78 is 0. The zero-order valence-corrected chi connectivity index (χ0v) is 10.5. The van der Waals surface area contributed by atoms with Crippen LogP contribution in [0, 0.1) is 11.3 Å². The Bertz CT molecular complexity index is 131. The van der Waals surface area contributed by atoms with Crippen molar-refractivity contribution in [3.8, 4) is 0 Å². The molecule has 0 aromatic rings. The molecule has 0 aromatic carbocycles. The van der Waals surface area contributed by atoms with Crippen molar-refractivity contribution < 1.29 is 0 Å². The monoisotopic (exact) mass is 185 g/mol. The molecule has 1 heteroatoms. The molecule has 0 fully saturated rings. The smallest absolute Gasteiger partial charge is 0.00973 e. The van der Waals surface area contributed by atoms with Crippen LogP contribution in [0.4, 0.5) is 0 Å². The molecule has 0 saturated heterocycles. The van der Waals surface area contributed by atoms with Gasteiger partial charge in [0.25, 0.3) is 0 Å². The van der Waals surface area contributed by atoms with Gasteiger partial charge in [0.1, 0.15) is 0 Å². The summed E-state index contributed by atoms with van der Waals surface area (Å²) in [5.41, 5.74) is 0.419.